The van der Waals surface area contributed by atoms with Crippen LogP contribution in [0.5, 0.6) is 0 Å². The molecule has 0 bridgehead atoms. The molecule has 1 saturated carbocycles. The van der Waals surface area contributed by atoms with Gasteiger partial charge in [0.2, 0.25) is 0 Å². The summed E-state index contributed by atoms with van der Waals surface area (Å²) in [5.74, 6) is -0.362. The SMILES string of the molecule is CC(C)(C)CS(=O)(=O)c1cc(F)cc(NC(=O)c2ccc(NC(C)(C)CO)nc2N2CCC3(CC2)CC3)c1. The predicted molar refractivity (Wildman–Crippen MR) is 148 cm³/mol. The van der Waals surface area contributed by atoms with Crippen LogP contribution in [-0.2, 0) is 9.84 Å². The maximum Gasteiger partial charge on any atom is 0.259 e. The van der Waals surface area contributed by atoms with Crippen LogP contribution in [0.25, 0.3) is 0 Å². The number of hydrogen-bond acceptors (Lipinski definition) is 7. The number of carbonyl (C=O) groups excluding carboxylic acids is 1. The van der Waals surface area contributed by atoms with E-state index in [2.05, 4.69) is 15.5 Å². The summed E-state index contributed by atoms with van der Waals surface area (Å²) in [7, 11) is -3.76. The van der Waals surface area contributed by atoms with Crippen molar-refractivity contribution in [1.29, 1.82) is 0 Å². The molecule has 2 aliphatic rings. The fourth-order valence-electron chi connectivity index (χ4n) is 4.86. The summed E-state index contributed by atoms with van der Waals surface area (Å²) < 4.78 is 40.2. The molecule has 2 heterocycles. The Bertz CT molecular complexity index is 1310. The van der Waals surface area contributed by atoms with E-state index in [1.54, 1.807) is 32.9 Å². The number of benzene rings is 1. The first kappa shape index (κ1) is 28.3. The molecule has 1 saturated heterocycles. The van der Waals surface area contributed by atoms with Crippen LogP contribution in [0, 0.1) is 16.6 Å². The maximum absolute atomic E-state index is 14.5. The first-order valence-corrected chi connectivity index (χ1v) is 14.8. The van der Waals surface area contributed by atoms with Gasteiger partial charge in [0.15, 0.2) is 9.84 Å². The van der Waals surface area contributed by atoms with E-state index in [0.29, 0.717) is 22.6 Å². The van der Waals surface area contributed by atoms with Crippen molar-refractivity contribution in [3.05, 3.63) is 41.7 Å². The van der Waals surface area contributed by atoms with Gasteiger partial charge < -0.3 is 20.6 Å². The molecule has 8 nitrogen and oxygen atoms in total. The summed E-state index contributed by atoms with van der Waals surface area (Å²) in [5, 5.41) is 15.6. The molecule has 10 heteroatoms. The Balaban J connectivity index is 1.63. The van der Waals surface area contributed by atoms with Crippen LogP contribution in [-0.4, -0.2) is 55.4 Å². The number of amides is 1. The molecule has 2 fully saturated rings. The molecule has 1 aliphatic carbocycles. The van der Waals surface area contributed by atoms with E-state index < -0.39 is 32.5 Å². The molecule has 4 rings (SSSR count). The number of pyridine rings is 1. The highest BCUT2D eigenvalue weighted by molar-refractivity contribution is 7.91. The summed E-state index contributed by atoms with van der Waals surface area (Å²) in [6, 6.07) is 6.72. The number of aromatic nitrogens is 1. The lowest BCUT2D eigenvalue weighted by atomic mass is 9.93. The molecule has 1 aliphatic heterocycles. The summed E-state index contributed by atoms with van der Waals surface area (Å²) in [4.78, 5) is 20.1. The molecule has 1 aromatic heterocycles. The van der Waals surface area contributed by atoms with Crippen molar-refractivity contribution in [3.8, 4) is 0 Å². The third-order valence-electron chi connectivity index (χ3n) is 7.17. The fourth-order valence-corrected chi connectivity index (χ4v) is 6.76. The molecule has 0 atom stereocenters. The van der Waals surface area contributed by atoms with Gasteiger partial charge in [-0.05, 0) is 80.7 Å². The highest BCUT2D eigenvalue weighted by atomic mass is 32.2. The van der Waals surface area contributed by atoms with Crippen LogP contribution in [0.1, 0.15) is 70.7 Å². The van der Waals surface area contributed by atoms with Crippen molar-refractivity contribution in [3.63, 3.8) is 0 Å². The summed E-state index contributed by atoms with van der Waals surface area (Å²) in [6.07, 6.45) is 4.56. The van der Waals surface area contributed by atoms with E-state index >= 15 is 0 Å². The number of halogens is 1. The van der Waals surface area contributed by atoms with E-state index in [-0.39, 0.29) is 22.9 Å². The van der Waals surface area contributed by atoms with Crippen molar-refractivity contribution in [2.24, 2.45) is 10.8 Å². The molecule has 38 heavy (non-hydrogen) atoms. The highest BCUT2D eigenvalue weighted by Gasteiger charge is 2.45. The minimum atomic E-state index is -3.76. The Morgan fingerprint density at radius 2 is 1.74 bits per heavy atom. The van der Waals surface area contributed by atoms with Gasteiger partial charge in [0.05, 0.1) is 28.4 Å². The lowest BCUT2D eigenvalue weighted by Crippen LogP contribution is -2.38. The first-order chi connectivity index (χ1) is 17.6. The number of sulfone groups is 1. The Hall–Kier alpha value is -2.72. The second-order valence-electron chi connectivity index (χ2n) is 12.7. The third kappa shape index (κ3) is 6.83. The quantitative estimate of drug-likeness (QED) is 0.434. The van der Waals surface area contributed by atoms with E-state index in [4.69, 9.17) is 4.98 Å². The molecule has 0 radical (unpaired) electrons. The van der Waals surface area contributed by atoms with Gasteiger partial charge in [-0.3, -0.25) is 4.79 Å². The van der Waals surface area contributed by atoms with Gasteiger partial charge in [0.1, 0.15) is 17.5 Å². The van der Waals surface area contributed by atoms with Crippen molar-refractivity contribution in [2.45, 2.75) is 70.7 Å². The van der Waals surface area contributed by atoms with Crippen LogP contribution in [0.4, 0.5) is 21.7 Å². The fraction of sp³-hybridized carbons (Fsp3) is 0.571. The number of hydrogen-bond donors (Lipinski definition) is 3. The maximum atomic E-state index is 14.5. The number of nitrogens with zero attached hydrogens (tertiary/aromatic N) is 2. The monoisotopic (exact) mass is 546 g/mol. The van der Waals surface area contributed by atoms with Gasteiger partial charge in [0, 0.05) is 18.8 Å². The van der Waals surface area contributed by atoms with Crippen molar-refractivity contribution >= 4 is 33.1 Å². The Kier molecular flexibility index (Phi) is 7.53. The molecule has 0 unspecified atom stereocenters. The van der Waals surface area contributed by atoms with Crippen LogP contribution < -0.4 is 15.5 Å². The van der Waals surface area contributed by atoms with Crippen LogP contribution in [0.3, 0.4) is 0 Å². The van der Waals surface area contributed by atoms with Gasteiger partial charge in [0.25, 0.3) is 5.91 Å². The minimum Gasteiger partial charge on any atom is -0.394 e. The molecule has 1 amide bonds. The average molecular weight is 547 g/mol. The number of aliphatic hydroxyl groups excluding tert-OH is 1. The zero-order valence-electron chi connectivity index (χ0n) is 22.9. The first-order valence-electron chi connectivity index (χ1n) is 13.1. The Morgan fingerprint density at radius 3 is 2.32 bits per heavy atom. The number of nitrogens with one attached hydrogen (secondary N) is 2. The molecule has 3 N–H and O–H groups in total. The van der Waals surface area contributed by atoms with E-state index in [1.165, 1.54) is 18.9 Å². The van der Waals surface area contributed by atoms with E-state index in [0.717, 1.165) is 38.1 Å². The van der Waals surface area contributed by atoms with Gasteiger partial charge >= 0.3 is 0 Å². The van der Waals surface area contributed by atoms with Crippen molar-refractivity contribution in [2.75, 3.05) is 41.0 Å². The summed E-state index contributed by atoms with van der Waals surface area (Å²) >= 11 is 0. The van der Waals surface area contributed by atoms with Crippen molar-refractivity contribution in [1.82, 2.24) is 4.98 Å². The Labute approximate surface area is 225 Å². The van der Waals surface area contributed by atoms with Gasteiger partial charge in [-0.25, -0.2) is 17.8 Å². The lowest BCUT2D eigenvalue weighted by Gasteiger charge is -2.34. The predicted octanol–water partition coefficient (Wildman–Crippen LogP) is 4.86. The summed E-state index contributed by atoms with van der Waals surface area (Å²) in [5.41, 5.74) is -0.308. The lowest BCUT2D eigenvalue weighted by molar-refractivity contribution is 0.102. The number of aliphatic hydroxyl groups is 1. The van der Waals surface area contributed by atoms with Gasteiger partial charge in [-0.15, -0.1) is 0 Å². The van der Waals surface area contributed by atoms with Gasteiger partial charge in [-0.1, -0.05) is 20.8 Å². The van der Waals surface area contributed by atoms with Gasteiger partial charge in [-0.2, -0.15) is 0 Å². The summed E-state index contributed by atoms with van der Waals surface area (Å²) in [6.45, 7) is 10.5. The van der Waals surface area contributed by atoms with Crippen LogP contribution in [0.15, 0.2) is 35.2 Å². The molecule has 208 valence electrons. The zero-order valence-corrected chi connectivity index (χ0v) is 23.7. The third-order valence-corrected chi connectivity index (χ3v) is 9.37. The standard InChI is InChI=1S/C28H39FN4O4S/c1-26(2,3)18-38(36,37)21-15-19(29)14-20(16-21)30-25(35)22-6-7-23(32-27(4,5)17-34)31-24(22)33-12-10-28(8-9-28)11-13-33/h6-7,14-16,34H,8-13,17-18H2,1-5H3,(H,30,35)(H,31,32). The molecular formula is C28H39FN4O4S. The molecular weight excluding hydrogens is 507 g/mol. The molecule has 2 aromatic rings. The number of rotatable bonds is 8. The number of carbonyl (C=O) groups is 1. The zero-order chi connectivity index (χ0) is 27.9. The normalized spacial score (nSPS) is 17.4. The van der Waals surface area contributed by atoms with Crippen LogP contribution >= 0.6 is 0 Å². The molecule has 1 aromatic carbocycles. The number of anilines is 3. The van der Waals surface area contributed by atoms with Crippen molar-refractivity contribution < 1.29 is 22.7 Å². The highest BCUT2D eigenvalue weighted by Crippen LogP contribution is 2.54. The topological polar surface area (TPSA) is 112 Å². The minimum absolute atomic E-state index is 0.0626. The molecule has 1 spiro atoms. The number of piperidine rings is 1. The smallest absolute Gasteiger partial charge is 0.259 e. The Morgan fingerprint density at radius 1 is 1.08 bits per heavy atom. The van der Waals surface area contributed by atoms with E-state index in [1.807, 2.05) is 13.8 Å². The average Bonchev–Trinajstić information content (AvgIpc) is 3.56. The van der Waals surface area contributed by atoms with E-state index in [9.17, 15) is 22.7 Å². The largest absolute Gasteiger partial charge is 0.394 e. The second-order valence-corrected chi connectivity index (χ2v) is 14.7. The van der Waals surface area contributed by atoms with Crippen LogP contribution in [0.2, 0.25) is 0 Å². The second kappa shape index (κ2) is 10.1.